The Balaban J connectivity index is 1.65. The molecule has 0 aliphatic carbocycles. The summed E-state index contributed by atoms with van der Waals surface area (Å²) >= 11 is 2.06. The molecule has 0 bridgehead atoms. The third-order valence-electron chi connectivity index (χ3n) is 3.56. The number of likely N-dealkylation sites (tertiary alicyclic amines) is 1. The molecule has 128 valence electrons. The number of hydrogen-bond donors (Lipinski definition) is 2. The lowest BCUT2D eigenvalue weighted by atomic mass is 10.2. The van der Waals surface area contributed by atoms with Gasteiger partial charge in [0.05, 0.1) is 12.1 Å². The van der Waals surface area contributed by atoms with Gasteiger partial charge in [-0.3, -0.25) is 24.1 Å². The van der Waals surface area contributed by atoms with Gasteiger partial charge in [0, 0.05) is 29.5 Å². The van der Waals surface area contributed by atoms with E-state index in [2.05, 4.69) is 33.2 Å². The minimum Gasteiger partial charge on any atom is -0.355 e. The quantitative estimate of drug-likeness (QED) is 0.368. The SMILES string of the molecule is O=C(CNC(=O)c1ccccc1I)NCCCN1C(=O)CCC1=O. The molecule has 24 heavy (non-hydrogen) atoms. The van der Waals surface area contributed by atoms with E-state index in [1.165, 1.54) is 4.90 Å². The second-order valence-electron chi connectivity index (χ2n) is 5.31. The minimum absolute atomic E-state index is 0.120. The number of carbonyl (C=O) groups excluding carboxylic acids is 4. The van der Waals surface area contributed by atoms with Crippen molar-refractivity contribution in [3.63, 3.8) is 0 Å². The first-order valence-electron chi connectivity index (χ1n) is 7.61. The molecule has 0 saturated carbocycles. The highest BCUT2D eigenvalue weighted by Gasteiger charge is 2.27. The first-order valence-corrected chi connectivity index (χ1v) is 8.69. The van der Waals surface area contributed by atoms with Gasteiger partial charge >= 0.3 is 0 Å². The van der Waals surface area contributed by atoms with Crippen LogP contribution in [0.1, 0.15) is 29.6 Å². The van der Waals surface area contributed by atoms with Crippen LogP contribution in [0.2, 0.25) is 0 Å². The van der Waals surface area contributed by atoms with Crippen molar-refractivity contribution in [2.75, 3.05) is 19.6 Å². The summed E-state index contributed by atoms with van der Waals surface area (Å²) in [6.45, 7) is 0.534. The fourth-order valence-corrected chi connectivity index (χ4v) is 2.93. The van der Waals surface area contributed by atoms with Gasteiger partial charge in [-0.15, -0.1) is 0 Å². The first kappa shape index (κ1) is 18.4. The number of amides is 4. The van der Waals surface area contributed by atoms with Crippen LogP contribution in [0, 0.1) is 3.57 Å². The fourth-order valence-electron chi connectivity index (χ4n) is 2.30. The van der Waals surface area contributed by atoms with Gasteiger partial charge in [0.2, 0.25) is 17.7 Å². The lowest BCUT2D eigenvalue weighted by Crippen LogP contribution is -2.38. The van der Waals surface area contributed by atoms with E-state index >= 15 is 0 Å². The maximum Gasteiger partial charge on any atom is 0.252 e. The maximum atomic E-state index is 12.0. The third kappa shape index (κ3) is 5.02. The van der Waals surface area contributed by atoms with Crippen molar-refractivity contribution in [1.29, 1.82) is 0 Å². The van der Waals surface area contributed by atoms with E-state index in [-0.39, 0.29) is 43.0 Å². The first-order chi connectivity index (χ1) is 11.5. The molecule has 2 rings (SSSR count). The van der Waals surface area contributed by atoms with Crippen LogP contribution in [-0.4, -0.2) is 48.2 Å². The summed E-state index contributed by atoms with van der Waals surface area (Å²) < 4.78 is 0.813. The Morgan fingerprint density at radius 2 is 1.75 bits per heavy atom. The molecule has 1 aliphatic rings. The van der Waals surface area contributed by atoms with Crippen LogP contribution >= 0.6 is 22.6 Å². The van der Waals surface area contributed by atoms with Crippen molar-refractivity contribution in [3.8, 4) is 0 Å². The van der Waals surface area contributed by atoms with E-state index < -0.39 is 0 Å². The van der Waals surface area contributed by atoms with E-state index in [0.29, 0.717) is 25.1 Å². The average Bonchev–Trinajstić information content (AvgIpc) is 2.88. The molecule has 7 nitrogen and oxygen atoms in total. The van der Waals surface area contributed by atoms with Gasteiger partial charge in [0.15, 0.2) is 0 Å². The van der Waals surface area contributed by atoms with Gasteiger partial charge in [0.25, 0.3) is 5.91 Å². The summed E-state index contributed by atoms with van der Waals surface area (Å²) in [7, 11) is 0. The summed E-state index contributed by atoms with van der Waals surface area (Å²) in [5.41, 5.74) is 0.525. The summed E-state index contributed by atoms with van der Waals surface area (Å²) in [6.07, 6.45) is 1.04. The zero-order valence-corrected chi connectivity index (χ0v) is 15.2. The second kappa shape index (κ2) is 8.76. The van der Waals surface area contributed by atoms with E-state index in [9.17, 15) is 19.2 Å². The monoisotopic (exact) mass is 443 g/mol. The van der Waals surface area contributed by atoms with Gasteiger partial charge in [-0.2, -0.15) is 0 Å². The Morgan fingerprint density at radius 3 is 2.42 bits per heavy atom. The van der Waals surface area contributed by atoms with Crippen LogP contribution in [0.4, 0.5) is 0 Å². The predicted molar refractivity (Wildman–Crippen MR) is 95.1 cm³/mol. The largest absolute Gasteiger partial charge is 0.355 e. The van der Waals surface area contributed by atoms with Crippen molar-refractivity contribution in [2.24, 2.45) is 0 Å². The molecule has 1 aromatic carbocycles. The number of halogens is 1. The Bertz CT molecular complexity index is 646. The number of imide groups is 1. The highest BCUT2D eigenvalue weighted by Crippen LogP contribution is 2.12. The highest BCUT2D eigenvalue weighted by atomic mass is 127. The minimum atomic E-state index is -0.312. The predicted octanol–water partition coefficient (Wildman–Crippen LogP) is 0.676. The molecule has 1 aromatic rings. The van der Waals surface area contributed by atoms with Crippen LogP contribution in [0.25, 0.3) is 0 Å². The van der Waals surface area contributed by atoms with E-state index in [4.69, 9.17) is 0 Å². The molecule has 1 saturated heterocycles. The van der Waals surface area contributed by atoms with Gasteiger partial charge in [-0.25, -0.2) is 0 Å². The van der Waals surface area contributed by atoms with Crippen LogP contribution in [0.15, 0.2) is 24.3 Å². The van der Waals surface area contributed by atoms with Crippen molar-refractivity contribution in [2.45, 2.75) is 19.3 Å². The molecule has 0 unspecified atom stereocenters. The molecule has 4 amide bonds. The summed E-state index contributed by atoms with van der Waals surface area (Å²) in [5, 5.41) is 5.21. The van der Waals surface area contributed by atoms with Crippen molar-refractivity contribution < 1.29 is 19.2 Å². The number of nitrogens with one attached hydrogen (secondary N) is 2. The van der Waals surface area contributed by atoms with Crippen LogP contribution < -0.4 is 10.6 Å². The molecule has 1 heterocycles. The standard InChI is InChI=1S/C16H18IN3O4/c17-12-5-2-1-4-11(12)16(24)19-10-13(21)18-8-3-9-20-14(22)6-7-15(20)23/h1-2,4-5H,3,6-10H2,(H,18,21)(H,19,24). The number of carbonyl (C=O) groups is 4. The van der Waals surface area contributed by atoms with Crippen molar-refractivity contribution in [3.05, 3.63) is 33.4 Å². The fraction of sp³-hybridized carbons (Fsp3) is 0.375. The maximum absolute atomic E-state index is 12.0. The van der Waals surface area contributed by atoms with Gasteiger partial charge in [-0.05, 0) is 41.1 Å². The molecule has 8 heteroatoms. The number of nitrogens with zero attached hydrogens (tertiary/aromatic N) is 1. The Morgan fingerprint density at radius 1 is 1.08 bits per heavy atom. The Labute approximate surface area is 153 Å². The second-order valence-corrected chi connectivity index (χ2v) is 6.47. The molecule has 0 aromatic heterocycles. The molecule has 0 atom stereocenters. The molecule has 1 fully saturated rings. The van der Waals surface area contributed by atoms with Crippen molar-refractivity contribution >= 4 is 46.2 Å². The normalized spacial score (nSPS) is 14.0. The summed E-state index contributed by atoms with van der Waals surface area (Å²) in [6, 6.07) is 7.11. The molecule has 2 N–H and O–H groups in total. The summed E-state index contributed by atoms with van der Waals surface area (Å²) in [4.78, 5) is 47.8. The zero-order valence-electron chi connectivity index (χ0n) is 13.0. The van der Waals surface area contributed by atoms with E-state index in [1.54, 1.807) is 12.1 Å². The third-order valence-corrected chi connectivity index (χ3v) is 4.50. The van der Waals surface area contributed by atoms with Crippen LogP contribution in [0.5, 0.6) is 0 Å². The molecular weight excluding hydrogens is 425 g/mol. The summed E-state index contributed by atoms with van der Waals surface area (Å²) in [5.74, 6) is -0.927. The van der Waals surface area contributed by atoms with Crippen molar-refractivity contribution in [1.82, 2.24) is 15.5 Å². The van der Waals surface area contributed by atoms with Crippen LogP contribution in [0.3, 0.4) is 0 Å². The topological polar surface area (TPSA) is 95.6 Å². The van der Waals surface area contributed by atoms with Gasteiger partial charge in [0.1, 0.15) is 0 Å². The Kier molecular flexibility index (Phi) is 6.71. The molecule has 0 radical (unpaired) electrons. The van der Waals surface area contributed by atoms with E-state index in [0.717, 1.165) is 3.57 Å². The Hall–Kier alpha value is -1.97. The smallest absolute Gasteiger partial charge is 0.252 e. The number of rotatable bonds is 7. The number of benzene rings is 1. The molecule has 0 spiro atoms. The van der Waals surface area contributed by atoms with Gasteiger partial charge in [-0.1, -0.05) is 12.1 Å². The number of hydrogen-bond acceptors (Lipinski definition) is 4. The lowest BCUT2D eigenvalue weighted by molar-refractivity contribution is -0.138. The van der Waals surface area contributed by atoms with Gasteiger partial charge < -0.3 is 10.6 Å². The molecular formula is C16H18IN3O4. The van der Waals surface area contributed by atoms with E-state index in [1.807, 2.05) is 12.1 Å². The van der Waals surface area contributed by atoms with Crippen LogP contribution in [-0.2, 0) is 14.4 Å². The average molecular weight is 443 g/mol. The lowest BCUT2D eigenvalue weighted by Gasteiger charge is -2.13. The highest BCUT2D eigenvalue weighted by molar-refractivity contribution is 14.1. The molecule has 1 aliphatic heterocycles. The zero-order chi connectivity index (χ0) is 17.5.